The molecule has 4 aromatic carbocycles. The van der Waals surface area contributed by atoms with E-state index >= 15 is 0 Å². The summed E-state index contributed by atoms with van der Waals surface area (Å²) in [6.07, 6.45) is 3.69. The molecule has 0 saturated heterocycles. The number of benzene rings is 4. The summed E-state index contributed by atoms with van der Waals surface area (Å²) in [5.41, 5.74) is 6.03. The van der Waals surface area contributed by atoms with Crippen molar-refractivity contribution in [3.05, 3.63) is 116 Å². The second-order valence-electron chi connectivity index (χ2n) is 9.14. The highest BCUT2D eigenvalue weighted by Crippen LogP contribution is 2.40. The van der Waals surface area contributed by atoms with Crippen LogP contribution in [0.25, 0.3) is 54.8 Å². The Morgan fingerprint density at radius 3 is 2.24 bits per heavy atom. The van der Waals surface area contributed by atoms with E-state index in [0.717, 1.165) is 66.6 Å². The van der Waals surface area contributed by atoms with Crippen molar-refractivity contribution in [3.8, 4) is 0 Å². The first kappa shape index (κ1) is 20.1. The zero-order chi connectivity index (χ0) is 24.3. The molecule has 0 fully saturated rings. The number of rotatable bonds is 3. The van der Waals surface area contributed by atoms with Crippen LogP contribution in [0.2, 0.25) is 0 Å². The number of fused-ring (bicyclic) bond motifs is 7. The summed E-state index contributed by atoms with van der Waals surface area (Å²) in [7, 11) is 0. The topological polar surface area (TPSA) is 55.3 Å². The van der Waals surface area contributed by atoms with Gasteiger partial charge in [0, 0.05) is 46.0 Å². The third-order valence-corrected chi connectivity index (χ3v) is 6.94. The molecule has 0 atom stereocenters. The van der Waals surface area contributed by atoms with Crippen molar-refractivity contribution in [2.45, 2.75) is 0 Å². The van der Waals surface area contributed by atoms with E-state index in [1.165, 1.54) is 5.39 Å². The standard InChI is InChI=1S/C32H19N3O2/c1-2-7-21-16-22(12-11-20(21)6-1)35(23-13-14-28-25(17-23)32-29(36-28)10-5-15-33-32)31-18-30-26(19-34-31)24-8-3-4-9-27(24)37-30/h1-19H. The summed E-state index contributed by atoms with van der Waals surface area (Å²) < 4.78 is 12.2. The minimum Gasteiger partial charge on any atom is -0.456 e. The van der Waals surface area contributed by atoms with E-state index in [1.54, 1.807) is 6.20 Å². The van der Waals surface area contributed by atoms with Gasteiger partial charge in [-0.25, -0.2) is 4.98 Å². The van der Waals surface area contributed by atoms with Crippen LogP contribution in [0.1, 0.15) is 0 Å². The van der Waals surface area contributed by atoms with Gasteiger partial charge < -0.3 is 8.83 Å². The molecule has 0 spiro atoms. The number of hydrogen-bond donors (Lipinski definition) is 0. The van der Waals surface area contributed by atoms with E-state index in [2.05, 4.69) is 70.5 Å². The Balaban J connectivity index is 1.38. The average Bonchev–Trinajstić information content (AvgIpc) is 3.51. The van der Waals surface area contributed by atoms with Crippen molar-refractivity contribution in [1.82, 2.24) is 9.97 Å². The molecule has 5 heteroatoms. The van der Waals surface area contributed by atoms with E-state index in [9.17, 15) is 0 Å². The molecule has 4 aromatic heterocycles. The van der Waals surface area contributed by atoms with Crippen molar-refractivity contribution < 1.29 is 8.83 Å². The van der Waals surface area contributed by atoms with Crippen LogP contribution in [0.4, 0.5) is 17.2 Å². The number of furan rings is 2. The Hall–Kier alpha value is -5.16. The molecule has 4 heterocycles. The van der Waals surface area contributed by atoms with E-state index in [1.807, 2.05) is 48.7 Å². The van der Waals surface area contributed by atoms with E-state index in [-0.39, 0.29) is 0 Å². The molecule has 0 N–H and O–H groups in total. The highest BCUT2D eigenvalue weighted by Gasteiger charge is 2.19. The Bertz CT molecular complexity index is 2120. The molecular weight excluding hydrogens is 458 g/mol. The van der Waals surface area contributed by atoms with Crippen LogP contribution in [-0.4, -0.2) is 9.97 Å². The third-order valence-electron chi connectivity index (χ3n) is 6.94. The van der Waals surface area contributed by atoms with Crippen LogP contribution in [0, 0.1) is 0 Å². The molecule has 0 aliphatic carbocycles. The molecule has 0 amide bonds. The molecule has 0 aliphatic heterocycles. The van der Waals surface area contributed by atoms with Gasteiger partial charge in [-0.2, -0.15) is 0 Å². The lowest BCUT2D eigenvalue weighted by Gasteiger charge is -2.24. The molecule has 8 rings (SSSR count). The number of pyridine rings is 2. The second-order valence-corrected chi connectivity index (χ2v) is 9.14. The molecule has 174 valence electrons. The van der Waals surface area contributed by atoms with Gasteiger partial charge >= 0.3 is 0 Å². The summed E-state index contributed by atoms with van der Waals surface area (Å²) in [4.78, 5) is 11.7. The summed E-state index contributed by atoms with van der Waals surface area (Å²) in [6.45, 7) is 0. The Labute approximate surface area is 211 Å². The molecule has 8 aromatic rings. The minimum atomic E-state index is 0.766. The Kier molecular flexibility index (Phi) is 4.16. The van der Waals surface area contributed by atoms with E-state index < -0.39 is 0 Å². The first-order valence-electron chi connectivity index (χ1n) is 12.2. The molecule has 0 bridgehead atoms. The first-order valence-corrected chi connectivity index (χ1v) is 12.2. The molecule has 37 heavy (non-hydrogen) atoms. The van der Waals surface area contributed by atoms with Crippen LogP contribution in [0.5, 0.6) is 0 Å². The van der Waals surface area contributed by atoms with Gasteiger partial charge in [-0.3, -0.25) is 9.88 Å². The van der Waals surface area contributed by atoms with Crippen molar-refractivity contribution in [2.24, 2.45) is 0 Å². The van der Waals surface area contributed by atoms with Gasteiger partial charge in [0.25, 0.3) is 0 Å². The van der Waals surface area contributed by atoms with Gasteiger partial charge in [-0.05, 0) is 59.3 Å². The Morgan fingerprint density at radius 2 is 1.27 bits per heavy atom. The van der Waals surface area contributed by atoms with Gasteiger partial charge in [-0.1, -0.05) is 48.5 Å². The fourth-order valence-corrected chi connectivity index (χ4v) is 5.19. The molecule has 0 radical (unpaired) electrons. The second kappa shape index (κ2) is 7.67. The molecule has 0 unspecified atom stereocenters. The highest BCUT2D eigenvalue weighted by atomic mass is 16.3. The van der Waals surface area contributed by atoms with Gasteiger partial charge in [0.2, 0.25) is 0 Å². The molecule has 0 aliphatic rings. The minimum absolute atomic E-state index is 0.766. The lowest BCUT2D eigenvalue weighted by molar-refractivity contribution is 0.667. The number of anilines is 3. The molecule has 0 saturated carbocycles. The monoisotopic (exact) mass is 477 g/mol. The van der Waals surface area contributed by atoms with Crippen LogP contribution in [0.3, 0.4) is 0 Å². The smallest absolute Gasteiger partial charge is 0.153 e. The molecular formula is C32H19N3O2. The van der Waals surface area contributed by atoms with Gasteiger partial charge in [0.05, 0.1) is 0 Å². The number of aromatic nitrogens is 2. The van der Waals surface area contributed by atoms with Crippen LogP contribution in [-0.2, 0) is 0 Å². The third kappa shape index (κ3) is 3.11. The summed E-state index contributed by atoms with van der Waals surface area (Å²) in [6, 6.07) is 34.9. The maximum absolute atomic E-state index is 6.21. The first-order chi connectivity index (χ1) is 18.3. The largest absolute Gasteiger partial charge is 0.456 e. The van der Waals surface area contributed by atoms with Crippen molar-refractivity contribution in [1.29, 1.82) is 0 Å². The van der Waals surface area contributed by atoms with Crippen LogP contribution >= 0.6 is 0 Å². The number of hydrogen-bond acceptors (Lipinski definition) is 5. The van der Waals surface area contributed by atoms with E-state index in [0.29, 0.717) is 0 Å². The highest BCUT2D eigenvalue weighted by molar-refractivity contribution is 6.06. The summed E-state index contributed by atoms with van der Waals surface area (Å²) >= 11 is 0. The predicted octanol–water partition coefficient (Wildman–Crippen LogP) is 8.90. The number of nitrogens with zero attached hydrogens (tertiary/aromatic N) is 3. The van der Waals surface area contributed by atoms with Crippen molar-refractivity contribution >= 4 is 72.0 Å². The fourth-order valence-electron chi connectivity index (χ4n) is 5.19. The maximum Gasteiger partial charge on any atom is 0.153 e. The van der Waals surface area contributed by atoms with Crippen LogP contribution in [0.15, 0.2) is 124 Å². The predicted molar refractivity (Wildman–Crippen MR) is 149 cm³/mol. The Morgan fingerprint density at radius 1 is 0.514 bits per heavy atom. The zero-order valence-corrected chi connectivity index (χ0v) is 19.6. The van der Waals surface area contributed by atoms with Gasteiger partial charge in [-0.15, -0.1) is 0 Å². The van der Waals surface area contributed by atoms with Crippen LogP contribution < -0.4 is 4.90 Å². The average molecular weight is 478 g/mol. The van der Waals surface area contributed by atoms with Crippen molar-refractivity contribution in [2.75, 3.05) is 4.90 Å². The zero-order valence-electron chi connectivity index (χ0n) is 19.6. The van der Waals surface area contributed by atoms with Gasteiger partial charge in [0.15, 0.2) is 5.58 Å². The van der Waals surface area contributed by atoms with Crippen molar-refractivity contribution in [3.63, 3.8) is 0 Å². The summed E-state index contributed by atoms with van der Waals surface area (Å²) in [5.74, 6) is 0.766. The fraction of sp³-hybridized carbons (Fsp3) is 0. The lowest BCUT2D eigenvalue weighted by atomic mass is 10.1. The maximum atomic E-state index is 6.21. The normalized spacial score (nSPS) is 11.8. The van der Waals surface area contributed by atoms with E-state index in [4.69, 9.17) is 13.8 Å². The SMILES string of the molecule is c1ccc2cc(N(c3ccc4oc5cccnc5c4c3)c3cc4oc5ccccc5c4cn3)ccc2c1. The lowest BCUT2D eigenvalue weighted by Crippen LogP contribution is -2.11. The molecule has 5 nitrogen and oxygen atoms in total. The summed E-state index contributed by atoms with van der Waals surface area (Å²) in [5, 5.41) is 5.37. The van der Waals surface area contributed by atoms with Gasteiger partial charge in [0.1, 0.15) is 28.1 Å². The number of para-hydroxylation sites is 1. The quantitative estimate of drug-likeness (QED) is 0.254.